The molecular weight excluding hydrogens is 376 g/mol. The van der Waals surface area contributed by atoms with Crippen LogP contribution in [0.25, 0.3) is 0 Å². The summed E-state index contributed by atoms with van der Waals surface area (Å²) in [6.45, 7) is 8.93. The molecule has 1 aromatic carbocycles. The molecule has 162 valence electrons. The van der Waals surface area contributed by atoms with E-state index in [9.17, 15) is 0 Å². The van der Waals surface area contributed by atoms with E-state index in [1.54, 1.807) is 6.21 Å². The molecule has 1 saturated carbocycles. The number of hydrogen-bond acceptors (Lipinski definition) is 6. The smallest absolute Gasteiger partial charge is 0.176 e. The number of nitrogens with two attached hydrogens (primary N) is 1. The third-order valence-corrected chi connectivity index (χ3v) is 5.42. The van der Waals surface area contributed by atoms with Crippen molar-refractivity contribution < 1.29 is 9.47 Å². The van der Waals surface area contributed by atoms with Gasteiger partial charge in [0.05, 0.1) is 26.3 Å². The fourth-order valence-electron chi connectivity index (χ4n) is 3.35. The molecule has 0 bridgehead atoms. The van der Waals surface area contributed by atoms with Gasteiger partial charge in [-0.15, -0.1) is 0 Å². The maximum absolute atomic E-state index is 5.72. The van der Waals surface area contributed by atoms with Crippen molar-refractivity contribution in [2.45, 2.75) is 52.4 Å². The van der Waals surface area contributed by atoms with Crippen molar-refractivity contribution in [2.24, 2.45) is 21.4 Å². The summed E-state index contributed by atoms with van der Waals surface area (Å²) in [7, 11) is 2.14. The van der Waals surface area contributed by atoms with Crippen LogP contribution in [0.1, 0.15) is 50.3 Å². The van der Waals surface area contributed by atoms with Gasteiger partial charge in [-0.3, -0.25) is 9.89 Å². The Bertz CT molecular complexity index is 836. The second kappa shape index (κ2) is 10.2. The highest BCUT2D eigenvalue weighted by atomic mass is 16.7. The average Bonchev–Trinajstić information content (AvgIpc) is 3.58. The molecule has 2 aliphatic rings. The second-order valence-corrected chi connectivity index (χ2v) is 8.90. The molecule has 2 N–H and O–H groups in total. The lowest BCUT2D eigenvalue weighted by Crippen LogP contribution is -2.39. The predicted octanol–water partition coefficient (Wildman–Crippen LogP) is 2.83. The third-order valence-electron chi connectivity index (χ3n) is 5.42. The quantitative estimate of drug-likeness (QED) is 0.325. The Morgan fingerprint density at radius 3 is 2.67 bits per heavy atom. The largest absolute Gasteiger partial charge is 0.350 e. The fourth-order valence-corrected chi connectivity index (χ4v) is 3.35. The summed E-state index contributed by atoms with van der Waals surface area (Å²) in [5.41, 5.74) is 3.85. The van der Waals surface area contributed by atoms with E-state index < -0.39 is 0 Å². The summed E-state index contributed by atoms with van der Waals surface area (Å²) in [6, 6.07) is 6.90. The number of hydrazone groups is 1. The first kappa shape index (κ1) is 22.5. The van der Waals surface area contributed by atoms with Gasteiger partial charge >= 0.3 is 0 Å². The summed E-state index contributed by atoms with van der Waals surface area (Å²) in [5, 5.41) is 3.96. The molecule has 6 heteroatoms. The van der Waals surface area contributed by atoms with Crippen LogP contribution >= 0.6 is 0 Å². The minimum atomic E-state index is -0.314. The first-order valence-electron chi connectivity index (χ1n) is 10.7. The van der Waals surface area contributed by atoms with Crippen LogP contribution in [0, 0.1) is 17.3 Å². The highest BCUT2D eigenvalue weighted by Gasteiger charge is 2.28. The molecule has 1 heterocycles. The highest BCUT2D eigenvalue weighted by molar-refractivity contribution is 6.38. The van der Waals surface area contributed by atoms with Gasteiger partial charge in [0.25, 0.3) is 0 Å². The third kappa shape index (κ3) is 6.40. The molecule has 1 saturated heterocycles. The Balaban J connectivity index is 1.61. The van der Waals surface area contributed by atoms with Gasteiger partial charge in [-0.25, -0.2) is 0 Å². The minimum Gasteiger partial charge on any atom is -0.350 e. The summed E-state index contributed by atoms with van der Waals surface area (Å²) in [4.78, 5) is 6.78. The van der Waals surface area contributed by atoms with E-state index in [0.717, 1.165) is 35.7 Å². The van der Waals surface area contributed by atoms with Crippen molar-refractivity contribution in [3.63, 3.8) is 0 Å². The van der Waals surface area contributed by atoms with Crippen molar-refractivity contribution in [1.82, 2.24) is 4.90 Å². The van der Waals surface area contributed by atoms with Crippen LogP contribution in [0.2, 0.25) is 0 Å². The molecule has 0 atom stereocenters. The van der Waals surface area contributed by atoms with E-state index in [1.165, 1.54) is 12.8 Å². The zero-order valence-corrected chi connectivity index (χ0v) is 18.6. The molecule has 1 aliphatic heterocycles. The average molecular weight is 411 g/mol. The molecule has 0 radical (unpaired) electrons. The number of hydrogen-bond donors (Lipinski definition) is 1. The Hall–Kier alpha value is -2.20. The number of rotatable bonds is 7. The molecule has 0 spiro atoms. The van der Waals surface area contributed by atoms with Crippen LogP contribution in [0.4, 0.5) is 0 Å². The maximum atomic E-state index is 5.72. The second-order valence-electron chi connectivity index (χ2n) is 8.90. The van der Waals surface area contributed by atoms with Crippen molar-refractivity contribution in [2.75, 3.05) is 33.4 Å². The topological polar surface area (TPSA) is 72.4 Å². The van der Waals surface area contributed by atoms with Crippen LogP contribution in [0.5, 0.6) is 0 Å². The van der Waals surface area contributed by atoms with E-state index in [1.807, 2.05) is 12.1 Å². The van der Waals surface area contributed by atoms with Crippen molar-refractivity contribution in [3.05, 3.63) is 34.9 Å². The lowest BCUT2D eigenvalue weighted by atomic mass is 9.96. The first-order chi connectivity index (χ1) is 14.4. The molecule has 30 heavy (non-hydrogen) atoms. The van der Waals surface area contributed by atoms with E-state index >= 15 is 0 Å². The number of aryl methyl sites for hydroxylation is 1. The van der Waals surface area contributed by atoms with Gasteiger partial charge in [0.15, 0.2) is 6.29 Å². The Morgan fingerprint density at radius 1 is 1.30 bits per heavy atom. The van der Waals surface area contributed by atoms with Crippen LogP contribution in [0.3, 0.4) is 0 Å². The van der Waals surface area contributed by atoms with Crippen molar-refractivity contribution in [3.8, 4) is 11.8 Å². The zero-order chi connectivity index (χ0) is 21.6. The molecular formula is C24H34N4O2. The summed E-state index contributed by atoms with van der Waals surface area (Å²) in [5.74, 6) is 12.2. The number of benzene rings is 1. The maximum Gasteiger partial charge on any atom is 0.176 e. The highest BCUT2D eigenvalue weighted by Crippen LogP contribution is 2.24. The summed E-state index contributed by atoms with van der Waals surface area (Å²) < 4.78 is 11.4. The Morgan fingerprint density at radius 2 is 2.03 bits per heavy atom. The van der Waals surface area contributed by atoms with Crippen LogP contribution in [-0.2, 0) is 15.9 Å². The normalized spacial score (nSPS) is 19.8. The van der Waals surface area contributed by atoms with Gasteiger partial charge in [-0.2, -0.15) is 5.10 Å². The summed E-state index contributed by atoms with van der Waals surface area (Å²) in [6.07, 6.45) is 4.85. The molecule has 1 aliphatic carbocycles. The van der Waals surface area contributed by atoms with Crippen molar-refractivity contribution in [1.29, 1.82) is 0 Å². The van der Waals surface area contributed by atoms with Gasteiger partial charge < -0.3 is 15.3 Å². The molecule has 0 unspecified atom stereocenters. The van der Waals surface area contributed by atoms with Gasteiger partial charge in [0, 0.05) is 28.8 Å². The number of ether oxygens (including phenoxy) is 2. The fraction of sp³-hybridized carbons (Fsp3) is 0.583. The van der Waals surface area contributed by atoms with Crippen molar-refractivity contribution >= 4 is 11.9 Å². The molecule has 0 amide bonds. The van der Waals surface area contributed by atoms with E-state index in [-0.39, 0.29) is 11.7 Å². The van der Waals surface area contributed by atoms with Gasteiger partial charge in [0.1, 0.15) is 5.71 Å². The molecule has 6 nitrogen and oxygen atoms in total. The minimum absolute atomic E-state index is 0.0536. The van der Waals surface area contributed by atoms with Crippen LogP contribution in [0.15, 0.2) is 28.3 Å². The Kier molecular flexibility index (Phi) is 7.65. The number of nitrogens with zero attached hydrogens (tertiary/aromatic N) is 3. The van der Waals surface area contributed by atoms with Gasteiger partial charge in [-0.1, -0.05) is 38.7 Å². The summed E-state index contributed by atoms with van der Waals surface area (Å²) >= 11 is 0. The lowest BCUT2D eigenvalue weighted by molar-refractivity contribution is -0.215. The van der Waals surface area contributed by atoms with E-state index in [0.29, 0.717) is 25.5 Å². The SMILES string of the molecule is CCc1cc(C#CCN(C)C2CC2)ccc1/C(C=NCC1OCC(C)(C)CO1)=N/N. The van der Waals surface area contributed by atoms with E-state index in [2.05, 4.69) is 60.7 Å². The monoisotopic (exact) mass is 410 g/mol. The molecule has 0 aromatic heterocycles. The molecule has 2 fully saturated rings. The first-order valence-corrected chi connectivity index (χ1v) is 10.7. The molecule has 1 aromatic rings. The predicted molar refractivity (Wildman–Crippen MR) is 122 cm³/mol. The Labute approximate surface area is 180 Å². The zero-order valence-electron chi connectivity index (χ0n) is 18.6. The molecule has 3 rings (SSSR count). The van der Waals surface area contributed by atoms with Gasteiger partial charge in [0.2, 0.25) is 0 Å². The number of aliphatic imine (C=N–C) groups is 1. The van der Waals surface area contributed by atoms with Gasteiger partial charge in [-0.05, 0) is 44.0 Å². The van der Waals surface area contributed by atoms with Crippen LogP contribution in [-0.4, -0.2) is 62.5 Å². The van der Waals surface area contributed by atoms with E-state index in [4.69, 9.17) is 15.3 Å². The van der Waals surface area contributed by atoms with Crippen LogP contribution < -0.4 is 5.84 Å². The lowest BCUT2D eigenvalue weighted by Gasteiger charge is -2.33. The standard InChI is InChI=1S/C24H34N4O2/c1-5-19-13-18(7-6-12-28(4)20-9-10-20)8-11-21(19)22(27-25)14-26-15-23-29-16-24(2,3)17-30-23/h8,11,13-14,20,23H,5,9-10,12,15-17,25H2,1-4H3/b26-14?,27-22+.